The van der Waals surface area contributed by atoms with Gasteiger partial charge in [-0.2, -0.15) is 0 Å². The van der Waals surface area contributed by atoms with Crippen LogP contribution < -0.4 is 10.6 Å². The molecule has 0 radical (unpaired) electrons. The molecule has 96 valence electrons. The number of para-hydroxylation sites is 2. The number of rotatable bonds is 4. The molecular formula is C16H16N2O. The Morgan fingerprint density at radius 2 is 1.63 bits per heavy atom. The summed E-state index contributed by atoms with van der Waals surface area (Å²) in [6.45, 7) is 0. The SMILES string of the molecule is O=C(NC1CC1)c1ccccc1Nc1ccccc1. The summed E-state index contributed by atoms with van der Waals surface area (Å²) in [6, 6.07) is 17.8. The average Bonchev–Trinajstić information content (AvgIpc) is 3.24. The Bertz CT molecular complexity index is 576. The van der Waals surface area contributed by atoms with Crippen LogP contribution in [0.4, 0.5) is 11.4 Å². The van der Waals surface area contributed by atoms with Gasteiger partial charge in [0.05, 0.1) is 11.3 Å². The molecule has 1 aliphatic rings. The first-order valence-corrected chi connectivity index (χ1v) is 6.55. The molecule has 19 heavy (non-hydrogen) atoms. The zero-order valence-corrected chi connectivity index (χ0v) is 10.6. The van der Waals surface area contributed by atoms with E-state index in [9.17, 15) is 4.79 Å². The van der Waals surface area contributed by atoms with Crippen molar-refractivity contribution in [1.29, 1.82) is 0 Å². The lowest BCUT2D eigenvalue weighted by atomic mass is 10.1. The molecule has 0 aliphatic heterocycles. The maximum atomic E-state index is 12.2. The van der Waals surface area contributed by atoms with Crippen molar-refractivity contribution in [1.82, 2.24) is 5.32 Å². The molecule has 0 spiro atoms. The van der Waals surface area contributed by atoms with Gasteiger partial charge in [-0.15, -0.1) is 0 Å². The minimum atomic E-state index is 0.00142. The van der Waals surface area contributed by atoms with Crippen LogP contribution in [0.3, 0.4) is 0 Å². The fraction of sp³-hybridized carbons (Fsp3) is 0.188. The van der Waals surface area contributed by atoms with Gasteiger partial charge in [0.1, 0.15) is 0 Å². The average molecular weight is 252 g/mol. The summed E-state index contributed by atoms with van der Waals surface area (Å²) in [5.74, 6) is 0.00142. The summed E-state index contributed by atoms with van der Waals surface area (Å²) in [5.41, 5.74) is 2.51. The van der Waals surface area contributed by atoms with Crippen molar-refractivity contribution in [2.45, 2.75) is 18.9 Å². The summed E-state index contributed by atoms with van der Waals surface area (Å²) in [4.78, 5) is 12.2. The summed E-state index contributed by atoms with van der Waals surface area (Å²) < 4.78 is 0. The van der Waals surface area contributed by atoms with Gasteiger partial charge in [0, 0.05) is 11.7 Å². The van der Waals surface area contributed by atoms with E-state index in [2.05, 4.69) is 10.6 Å². The van der Waals surface area contributed by atoms with Crippen LogP contribution in [0.1, 0.15) is 23.2 Å². The van der Waals surface area contributed by atoms with Gasteiger partial charge in [0.2, 0.25) is 0 Å². The van der Waals surface area contributed by atoms with Crippen molar-refractivity contribution in [2.24, 2.45) is 0 Å². The Hall–Kier alpha value is -2.29. The van der Waals surface area contributed by atoms with Crippen LogP contribution in [0.25, 0.3) is 0 Å². The number of benzene rings is 2. The summed E-state index contributed by atoms with van der Waals surface area (Å²) in [7, 11) is 0. The molecule has 3 rings (SSSR count). The molecular weight excluding hydrogens is 236 g/mol. The van der Waals surface area contributed by atoms with E-state index < -0.39 is 0 Å². The lowest BCUT2D eigenvalue weighted by Gasteiger charge is -2.11. The van der Waals surface area contributed by atoms with Crippen LogP contribution in [0.15, 0.2) is 54.6 Å². The molecule has 2 N–H and O–H groups in total. The fourth-order valence-corrected chi connectivity index (χ4v) is 1.96. The van der Waals surface area contributed by atoms with Gasteiger partial charge in [-0.1, -0.05) is 30.3 Å². The molecule has 1 aliphatic carbocycles. The Kier molecular flexibility index (Phi) is 3.19. The van der Waals surface area contributed by atoms with Crippen LogP contribution in [-0.4, -0.2) is 11.9 Å². The standard InChI is InChI=1S/C16H16N2O/c19-16(18-13-10-11-13)14-8-4-5-9-15(14)17-12-6-2-1-3-7-12/h1-9,13,17H,10-11H2,(H,18,19). The smallest absolute Gasteiger partial charge is 0.253 e. The maximum absolute atomic E-state index is 12.2. The monoisotopic (exact) mass is 252 g/mol. The Balaban J connectivity index is 1.82. The molecule has 1 amide bonds. The fourth-order valence-electron chi connectivity index (χ4n) is 1.96. The van der Waals surface area contributed by atoms with Crippen molar-refractivity contribution in [3.8, 4) is 0 Å². The molecule has 0 atom stereocenters. The van der Waals surface area contributed by atoms with E-state index in [0.717, 1.165) is 24.2 Å². The lowest BCUT2D eigenvalue weighted by Crippen LogP contribution is -2.26. The van der Waals surface area contributed by atoms with E-state index in [-0.39, 0.29) is 5.91 Å². The maximum Gasteiger partial charge on any atom is 0.253 e. The van der Waals surface area contributed by atoms with Gasteiger partial charge < -0.3 is 10.6 Å². The van der Waals surface area contributed by atoms with E-state index >= 15 is 0 Å². The largest absolute Gasteiger partial charge is 0.355 e. The molecule has 0 heterocycles. The molecule has 0 saturated heterocycles. The van der Waals surface area contributed by atoms with Crippen molar-refractivity contribution in [3.63, 3.8) is 0 Å². The molecule has 2 aromatic rings. The van der Waals surface area contributed by atoms with Gasteiger partial charge in [-0.05, 0) is 37.1 Å². The number of amides is 1. The van der Waals surface area contributed by atoms with E-state index in [0.29, 0.717) is 11.6 Å². The van der Waals surface area contributed by atoms with E-state index in [1.54, 1.807) is 0 Å². The highest BCUT2D eigenvalue weighted by molar-refractivity contribution is 6.00. The first kappa shape index (κ1) is 11.8. The van der Waals surface area contributed by atoms with Crippen LogP contribution >= 0.6 is 0 Å². The Morgan fingerprint density at radius 3 is 2.37 bits per heavy atom. The number of carbonyl (C=O) groups excluding carboxylic acids is 1. The molecule has 1 saturated carbocycles. The van der Waals surface area contributed by atoms with Crippen LogP contribution in [-0.2, 0) is 0 Å². The molecule has 0 unspecified atom stereocenters. The zero-order valence-electron chi connectivity index (χ0n) is 10.6. The minimum Gasteiger partial charge on any atom is -0.355 e. The van der Waals surface area contributed by atoms with Crippen LogP contribution in [0.2, 0.25) is 0 Å². The molecule has 0 aromatic heterocycles. The second kappa shape index (κ2) is 5.14. The molecule has 2 aromatic carbocycles. The zero-order chi connectivity index (χ0) is 13.1. The van der Waals surface area contributed by atoms with Crippen molar-refractivity contribution < 1.29 is 4.79 Å². The first-order valence-electron chi connectivity index (χ1n) is 6.55. The molecule has 3 heteroatoms. The lowest BCUT2D eigenvalue weighted by molar-refractivity contribution is 0.0952. The third-order valence-corrected chi connectivity index (χ3v) is 3.14. The summed E-state index contributed by atoms with van der Waals surface area (Å²) in [5, 5.41) is 6.30. The van der Waals surface area contributed by atoms with Crippen LogP contribution in [0, 0.1) is 0 Å². The van der Waals surface area contributed by atoms with Gasteiger partial charge in [0.25, 0.3) is 5.91 Å². The predicted octanol–water partition coefficient (Wildman–Crippen LogP) is 3.32. The molecule has 1 fully saturated rings. The molecule has 3 nitrogen and oxygen atoms in total. The summed E-state index contributed by atoms with van der Waals surface area (Å²) >= 11 is 0. The van der Waals surface area contributed by atoms with Crippen LogP contribution in [0.5, 0.6) is 0 Å². The first-order chi connectivity index (χ1) is 9.33. The second-order valence-corrected chi connectivity index (χ2v) is 4.78. The number of nitrogens with one attached hydrogen (secondary N) is 2. The number of anilines is 2. The highest BCUT2D eigenvalue weighted by atomic mass is 16.1. The predicted molar refractivity (Wildman–Crippen MR) is 76.7 cm³/mol. The van der Waals surface area contributed by atoms with Gasteiger partial charge >= 0.3 is 0 Å². The number of hydrogen-bond acceptors (Lipinski definition) is 2. The van der Waals surface area contributed by atoms with Gasteiger partial charge in [-0.25, -0.2) is 0 Å². The highest BCUT2D eigenvalue weighted by Crippen LogP contribution is 2.23. The number of carbonyl (C=O) groups is 1. The molecule has 0 bridgehead atoms. The van der Waals surface area contributed by atoms with Crippen molar-refractivity contribution in [2.75, 3.05) is 5.32 Å². The number of hydrogen-bond donors (Lipinski definition) is 2. The van der Waals surface area contributed by atoms with E-state index in [1.165, 1.54) is 0 Å². The topological polar surface area (TPSA) is 41.1 Å². The third kappa shape index (κ3) is 2.94. The van der Waals surface area contributed by atoms with E-state index in [1.807, 2.05) is 54.6 Å². The normalized spacial score (nSPS) is 13.9. The Morgan fingerprint density at radius 1 is 0.947 bits per heavy atom. The van der Waals surface area contributed by atoms with Gasteiger partial charge in [0.15, 0.2) is 0 Å². The Labute approximate surface area is 112 Å². The second-order valence-electron chi connectivity index (χ2n) is 4.78. The van der Waals surface area contributed by atoms with E-state index in [4.69, 9.17) is 0 Å². The third-order valence-electron chi connectivity index (χ3n) is 3.14. The minimum absolute atomic E-state index is 0.00142. The van der Waals surface area contributed by atoms with Crippen molar-refractivity contribution in [3.05, 3.63) is 60.2 Å². The van der Waals surface area contributed by atoms with Gasteiger partial charge in [-0.3, -0.25) is 4.79 Å². The summed E-state index contributed by atoms with van der Waals surface area (Å²) in [6.07, 6.45) is 2.19. The van der Waals surface area contributed by atoms with Crippen molar-refractivity contribution >= 4 is 17.3 Å². The quantitative estimate of drug-likeness (QED) is 0.876. The highest BCUT2D eigenvalue weighted by Gasteiger charge is 2.24.